The molecule has 0 aromatic carbocycles. The summed E-state index contributed by atoms with van der Waals surface area (Å²) in [4.78, 5) is 0. The van der Waals surface area contributed by atoms with Crippen LogP contribution in [0.3, 0.4) is 0 Å². The zero-order valence-electron chi connectivity index (χ0n) is 5.48. The van der Waals surface area contributed by atoms with Gasteiger partial charge in [-0.25, -0.2) is 22.0 Å². The van der Waals surface area contributed by atoms with Gasteiger partial charge in [-0.3, -0.25) is 5.73 Å². The fourth-order valence-corrected chi connectivity index (χ4v) is 0.460. The van der Waals surface area contributed by atoms with Crippen LogP contribution < -0.4 is 5.73 Å². The average molecular weight is 177 g/mol. The highest BCUT2D eigenvalue weighted by atomic mass is 19.2. The quantitative estimate of drug-likeness (QED) is 0.507. The fraction of sp³-hybridized carbons (Fsp3) is 1.00. The van der Waals surface area contributed by atoms with Crippen LogP contribution >= 0.6 is 0 Å². The van der Waals surface area contributed by atoms with E-state index >= 15 is 0 Å². The van der Waals surface area contributed by atoms with Crippen LogP contribution in [0.2, 0.25) is 0 Å². The minimum absolute atomic E-state index is 1.69. The highest BCUT2D eigenvalue weighted by molar-refractivity contribution is 4.79. The molecule has 0 amide bonds. The summed E-state index contributed by atoms with van der Waals surface area (Å²) >= 11 is 0. The molecule has 0 aliphatic heterocycles. The molecule has 0 heterocycles. The van der Waals surface area contributed by atoms with Crippen molar-refractivity contribution in [3.8, 4) is 0 Å². The van der Waals surface area contributed by atoms with Gasteiger partial charge < -0.3 is 0 Å². The summed E-state index contributed by atoms with van der Waals surface area (Å²) in [7, 11) is 0. The summed E-state index contributed by atoms with van der Waals surface area (Å²) in [5.41, 5.74) is 4.26. The first-order chi connectivity index (χ1) is 5.00. The Morgan fingerprint density at radius 3 is 1.73 bits per heavy atom. The van der Waals surface area contributed by atoms with Crippen LogP contribution in [0.1, 0.15) is 0 Å². The normalized spacial score (nSPS) is 22.4. The number of hydrogen-bond acceptors (Lipinski definition) is 1. The Hall–Kier alpha value is -0.390. The van der Waals surface area contributed by atoms with Crippen molar-refractivity contribution < 1.29 is 22.0 Å². The van der Waals surface area contributed by atoms with E-state index < -0.39 is 31.5 Å². The van der Waals surface area contributed by atoms with Crippen LogP contribution in [0.25, 0.3) is 0 Å². The van der Waals surface area contributed by atoms with Gasteiger partial charge in [-0.15, -0.1) is 0 Å². The minimum Gasteiger partial charge on any atom is -0.299 e. The van der Waals surface area contributed by atoms with E-state index in [9.17, 15) is 22.0 Å². The van der Waals surface area contributed by atoms with E-state index in [1.165, 1.54) is 0 Å². The number of rotatable bonds is 4. The highest BCUT2D eigenvalue weighted by Gasteiger charge is 2.34. The predicted molar refractivity (Wildman–Crippen MR) is 29.7 cm³/mol. The second kappa shape index (κ2) is 4.48. The van der Waals surface area contributed by atoms with Crippen molar-refractivity contribution >= 4 is 0 Å². The molecule has 4 unspecified atom stereocenters. The Morgan fingerprint density at radius 1 is 1.00 bits per heavy atom. The third-order valence-corrected chi connectivity index (χ3v) is 1.10. The Bertz CT molecular complexity index is 109. The van der Waals surface area contributed by atoms with Gasteiger partial charge in [-0.05, 0) is 0 Å². The van der Waals surface area contributed by atoms with E-state index in [-0.39, 0.29) is 0 Å². The lowest BCUT2D eigenvalue weighted by atomic mass is 10.1. The smallest absolute Gasteiger partial charge is 0.183 e. The third kappa shape index (κ3) is 3.00. The number of halogens is 5. The molecule has 0 aromatic rings. The summed E-state index contributed by atoms with van der Waals surface area (Å²) in [5, 5.41) is 0. The standard InChI is InChI=1S/C5H8F5N/c6-1-2(7)3(8)4(9)5(10)11/h2-5H,1,11H2. The average Bonchev–Trinajstić information content (AvgIpc) is 2.00. The molecule has 0 bridgehead atoms. The van der Waals surface area contributed by atoms with Gasteiger partial charge in [0, 0.05) is 0 Å². The zero-order chi connectivity index (χ0) is 9.02. The van der Waals surface area contributed by atoms with Crippen molar-refractivity contribution in [3.05, 3.63) is 0 Å². The van der Waals surface area contributed by atoms with E-state index in [4.69, 9.17) is 0 Å². The minimum atomic E-state index is -2.83. The Morgan fingerprint density at radius 2 is 1.45 bits per heavy atom. The molecule has 0 radical (unpaired) electrons. The molecule has 0 rings (SSSR count). The van der Waals surface area contributed by atoms with Gasteiger partial charge in [0.25, 0.3) is 0 Å². The maximum Gasteiger partial charge on any atom is 0.183 e. The number of alkyl halides is 5. The van der Waals surface area contributed by atoms with Crippen LogP contribution in [0.15, 0.2) is 0 Å². The van der Waals surface area contributed by atoms with E-state index in [1.54, 1.807) is 0 Å². The number of nitrogens with two attached hydrogens (primary N) is 1. The first-order valence-electron chi connectivity index (χ1n) is 2.88. The van der Waals surface area contributed by atoms with Crippen LogP contribution in [0.5, 0.6) is 0 Å². The second-order valence-corrected chi connectivity index (χ2v) is 2.00. The number of hydrogen-bond donors (Lipinski definition) is 1. The van der Waals surface area contributed by atoms with Crippen molar-refractivity contribution in [3.63, 3.8) is 0 Å². The Kier molecular flexibility index (Phi) is 4.32. The van der Waals surface area contributed by atoms with Crippen LogP contribution in [-0.4, -0.2) is 31.5 Å². The lowest BCUT2D eigenvalue weighted by Crippen LogP contribution is -2.40. The molecule has 0 fully saturated rings. The lowest BCUT2D eigenvalue weighted by molar-refractivity contribution is 0.0262. The molecule has 6 heteroatoms. The first-order valence-corrected chi connectivity index (χ1v) is 2.88. The van der Waals surface area contributed by atoms with Crippen LogP contribution in [0, 0.1) is 0 Å². The fourth-order valence-electron chi connectivity index (χ4n) is 0.460. The van der Waals surface area contributed by atoms with E-state index in [0.29, 0.717) is 0 Å². The van der Waals surface area contributed by atoms with E-state index in [0.717, 1.165) is 0 Å². The summed E-state index contributed by atoms with van der Waals surface area (Å²) in [6, 6.07) is 0. The second-order valence-electron chi connectivity index (χ2n) is 2.00. The largest absolute Gasteiger partial charge is 0.299 e. The summed E-state index contributed by atoms with van der Waals surface area (Å²) < 4.78 is 59.2. The third-order valence-electron chi connectivity index (χ3n) is 1.10. The maximum atomic E-state index is 12.1. The monoisotopic (exact) mass is 177 g/mol. The summed E-state index contributed by atoms with van der Waals surface area (Å²) in [6.45, 7) is -1.69. The van der Waals surface area contributed by atoms with Gasteiger partial charge in [0.05, 0.1) is 0 Å². The molecule has 68 valence electrons. The molecular weight excluding hydrogens is 169 g/mol. The van der Waals surface area contributed by atoms with Crippen molar-refractivity contribution in [1.29, 1.82) is 0 Å². The van der Waals surface area contributed by atoms with Gasteiger partial charge in [0.1, 0.15) is 6.67 Å². The molecule has 0 aliphatic rings. The van der Waals surface area contributed by atoms with E-state index in [2.05, 4.69) is 5.73 Å². The topological polar surface area (TPSA) is 26.0 Å². The predicted octanol–water partition coefficient (Wildman–Crippen LogP) is 1.22. The molecule has 4 atom stereocenters. The van der Waals surface area contributed by atoms with Crippen LogP contribution in [0.4, 0.5) is 22.0 Å². The lowest BCUT2D eigenvalue weighted by Gasteiger charge is -2.15. The molecule has 0 spiro atoms. The molecule has 11 heavy (non-hydrogen) atoms. The van der Waals surface area contributed by atoms with Crippen molar-refractivity contribution in [2.45, 2.75) is 24.8 Å². The molecule has 0 aliphatic carbocycles. The maximum absolute atomic E-state index is 12.1. The van der Waals surface area contributed by atoms with Gasteiger partial charge in [0.15, 0.2) is 24.8 Å². The van der Waals surface area contributed by atoms with Gasteiger partial charge >= 0.3 is 0 Å². The first kappa shape index (κ1) is 10.6. The van der Waals surface area contributed by atoms with Crippen molar-refractivity contribution in [2.75, 3.05) is 6.67 Å². The highest BCUT2D eigenvalue weighted by Crippen LogP contribution is 2.15. The molecule has 0 aromatic heterocycles. The molecule has 0 saturated carbocycles. The summed E-state index contributed by atoms with van der Waals surface area (Å²) in [6.07, 6.45) is -10.9. The SMILES string of the molecule is NC(F)C(F)C(F)C(F)CF. The molecule has 1 nitrogen and oxygen atoms in total. The molecule has 0 saturated heterocycles. The van der Waals surface area contributed by atoms with Crippen LogP contribution in [-0.2, 0) is 0 Å². The van der Waals surface area contributed by atoms with Gasteiger partial charge in [0.2, 0.25) is 0 Å². The van der Waals surface area contributed by atoms with Crippen molar-refractivity contribution in [2.24, 2.45) is 5.73 Å². The Labute approximate surface area is 60.4 Å². The Balaban J connectivity index is 3.90. The zero-order valence-corrected chi connectivity index (χ0v) is 5.48. The van der Waals surface area contributed by atoms with Gasteiger partial charge in [-0.2, -0.15) is 0 Å². The van der Waals surface area contributed by atoms with Gasteiger partial charge in [-0.1, -0.05) is 0 Å². The van der Waals surface area contributed by atoms with Crippen molar-refractivity contribution in [1.82, 2.24) is 0 Å². The molecular formula is C5H8F5N. The molecule has 2 N–H and O–H groups in total. The summed E-state index contributed by atoms with van der Waals surface area (Å²) in [5.74, 6) is 0. The van der Waals surface area contributed by atoms with E-state index in [1.807, 2.05) is 0 Å².